The van der Waals surface area contributed by atoms with Gasteiger partial charge in [-0.1, -0.05) is 11.6 Å². The molecule has 0 saturated heterocycles. The van der Waals surface area contributed by atoms with Gasteiger partial charge in [0.1, 0.15) is 6.73 Å². The van der Waals surface area contributed by atoms with E-state index in [4.69, 9.17) is 16.3 Å². The van der Waals surface area contributed by atoms with Crippen LogP contribution < -0.4 is 5.56 Å². The molecule has 0 spiro atoms. The third-order valence-electron chi connectivity index (χ3n) is 1.32. The number of hydrogen-bond donors (Lipinski definition) is 0. The molecule has 0 aromatic carbocycles. The van der Waals surface area contributed by atoms with Crippen LogP contribution in [0, 0.1) is 6.07 Å². The Kier molecular flexibility index (Phi) is 3.31. The van der Waals surface area contributed by atoms with E-state index in [1.54, 1.807) is 0 Å². The quantitative estimate of drug-likeness (QED) is 0.713. The Bertz CT molecular complexity index is 308. The molecule has 4 heteroatoms. The van der Waals surface area contributed by atoms with Crippen LogP contribution >= 0.6 is 11.6 Å². The van der Waals surface area contributed by atoms with E-state index in [1.807, 2.05) is 6.92 Å². The molecule has 0 aliphatic carbocycles. The van der Waals surface area contributed by atoms with Crippen molar-refractivity contribution in [2.24, 2.45) is 0 Å². The van der Waals surface area contributed by atoms with Crippen LogP contribution in [0.5, 0.6) is 0 Å². The number of pyridine rings is 1. The van der Waals surface area contributed by atoms with Crippen LogP contribution in [-0.4, -0.2) is 11.2 Å². The summed E-state index contributed by atoms with van der Waals surface area (Å²) < 4.78 is 6.44. The first-order chi connectivity index (χ1) is 5.74. The van der Waals surface area contributed by atoms with Gasteiger partial charge in [0.2, 0.25) is 0 Å². The van der Waals surface area contributed by atoms with Gasteiger partial charge in [-0.25, -0.2) is 0 Å². The second-order valence-electron chi connectivity index (χ2n) is 2.20. The van der Waals surface area contributed by atoms with E-state index >= 15 is 0 Å². The highest BCUT2D eigenvalue weighted by Crippen LogP contribution is 2.01. The Morgan fingerprint density at radius 2 is 2.50 bits per heavy atom. The molecular formula is C8H9ClNO2. The molecule has 0 aliphatic heterocycles. The molecule has 1 heterocycles. The Morgan fingerprint density at radius 1 is 1.75 bits per heavy atom. The maximum Gasteiger partial charge on any atom is 0.253 e. The second kappa shape index (κ2) is 4.28. The summed E-state index contributed by atoms with van der Waals surface area (Å²) in [6.45, 7) is 2.67. The van der Waals surface area contributed by atoms with E-state index in [9.17, 15) is 4.79 Å². The fourth-order valence-corrected chi connectivity index (χ4v) is 0.914. The molecule has 0 N–H and O–H groups in total. The SMILES string of the molecule is CCOCn1cc(Cl)[c]cc1=O. The van der Waals surface area contributed by atoms with Gasteiger partial charge in [-0.05, 0) is 6.92 Å². The van der Waals surface area contributed by atoms with Crippen LogP contribution in [0.15, 0.2) is 17.1 Å². The first-order valence-corrected chi connectivity index (χ1v) is 3.97. The predicted octanol–water partition coefficient (Wildman–Crippen LogP) is 1.30. The third-order valence-corrected chi connectivity index (χ3v) is 1.53. The molecule has 0 amide bonds. The van der Waals surface area contributed by atoms with Gasteiger partial charge in [-0.15, -0.1) is 0 Å². The zero-order valence-electron chi connectivity index (χ0n) is 6.71. The summed E-state index contributed by atoms with van der Waals surface area (Å²) in [6.07, 6.45) is 1.50. The highest BCUT2D eigenvalue weighted by molar-refractivity contribution is 6.30. The molecule has 0 atom stereocenters. The summed E-state index contributed by atoms with van der Waals surface area (Å²) in [5.74, 6) is 0. The molecule has 65 valence electrons. The van der Waals surface area contributed by atoms with Crippen molar-refractivity contribution in [2.45, 2.75) is 13.7 Å². The summed E-state index contributed by atoms with van der Waals surface area (Å²) in [6, 6.07) is 3.89. The maximum atomic E-state index is 11.1. The summed E-state index contributed by atoms with van der Waals surface area (Å²) in [4.78, 5) is 11.1. The Balaban J connectivity index is 2.83. The number of ether oxygens (including phenoxy) is 1. The molecular weight excluding hydrogens is 178 g/mol. The van der Waals surface area contributed by atoms with Crippen LogP contribution in [-0.2, 0) is 11.5 Å². The second-order valence-corrected chi connectivity index (χ2v) is 2.60. The summed E-state index contributed by atoms with van der Waals surface area (Å²) >= 11 is 5.62. The van der Waals surface area contributed by atoms with Gasteiger partial charge in [0.25, 0.3) is 5.56 Å². The summed E-state index contributed by atoms with van der Waals surface area (Å²) in [5, 5.41) is 0.411. The van der Waals surface area contributed by atoms with Gasteiger partial charge in [-0.3, -0.25) is 9.36 Å². The van der Waals surface area contributed by atoms with E-state index in [-0.39, 0.29) is 12.3 Å². The zero-order chi connectivity index (χ0) is 8.97. The molecule has 0 saturated carbocycles. The predicted molar refractivity (Wildman–Crippen MR) is 46.2 cm³/mol. The Morgan fingerprint density at radius 3 is 3.17 bits per heavy atom. The monoisotopic (exact) mass is 186 g/mol. The largest absolute Gasteiger partial charge is 0.361 e. The Labute approximate surface area is 75.5 Å². The third kappa shape index (κ3) is 2.36. The van der Waals surface area contributed by atoms with E-state index < -0.39 is 0 Å². The minimum absolute atomic E-state index is 0.159. The molecule has 1 aromatic rings. The van der Waals surface area contributed by atoms with Crippen LogP contribution in [0.25, 0.3) is 0 Å². The zero-order valence-corrected chi connectivity index (χ0v) is 7.47. The van der Waals surface area contributed by atoms with Crippen molar-refractivity contribution in [2.75, 3.05) is 6.61 Å². The van der Waals surface area contributed by atoms with Crippen molar-refractivity contribution in [3.05, 3.63) is 33.7 Å². The maximum absolute atomic E-state index is 11.1. The van der Waals surface area contributed by atoms with E-state index in [2.05, 4.69) is 6.07 Å². The van der Waals surface area contributed by atoms with Crippen LogP contribution in [0.1, 0.15) is 6.92 Å². The highest BCUT2D eigenvalue weighted by Gasteiger charge is 1.95. The lowest BCUT2D eigenvalue weighted by Gasteiger charge is -2.04. The topological polar surface area (TPSA) is 31.2 Å². The van der Waals surface area contributed by atoms with Crippen LogP contribution in [0.4, 0.5) is 0 Å². The van der Waals surface area contributed by atoms with Gasteiger partial charge in [0.05, 0.1) is 5.02 Å². The summed E-state index contributed by atoms with van der Waals surface area (Å²) in [5.41, 5.74) is -0.159. The number of nitrogens with zero attached hydrogens (tertiary/aromatic N) is 1. The van der Waals surface area contributed by atoms with Crippen molar-refractivity contribution >= 4 is 11.6 Å². The van der Waals surface area contributed by atoms with Gasteiger partial charge < -0.3 is 4.74 Å². The standard InChI is InChI=1S/C8H9ClNO2/c1-2-12-6-10-5-7(9)3-4-8(10)11/h4-5H,2,6H2,1H3. The highest BCUT2D eigenvalue weighted by atomic mass is 35.5. The van der Waals surface area contributed by atoms with Crippen molar-refractivity contribution in [1.82, 2.24) is 4.57 Å². The molecule has 1 radical (unpaired) electrons. The smallest absolute Gasteiger partial charge is 0.253 e. The van der Waals surface area contributed by atoms with Gasteiger partial charge in [-0.2, -0.15) is 0 Å². The van der Waals surface area contributed by atoms with E-state index in [0.29, 0.717) is 11.6 Å². The van der Waals surface area contributed by atoms with Gasteiger partial charge in [0.15, 0.2) is 0 Å². The van der Waals surface area contributed by atoms with E-state index in [1.165, 1.54) is 16.8 Å². The number of rotatable bonds is 3. The molecule has 0 fully saturated rings. The van der Waals surface area contributed by atoms with Crippen LogP contribution in [0.3, 0.4) is 0 Å². The molecule has 0 bridgehead atoms. The van der Waals surface area contributed by atoms with E-state index in [0.717, 1.165) is 0 Å². The Hall–Kier alpha value is -0.800. The van der Waals surface area contributed by atoms with Gasteiger partial charge >= 0.3 is 0 Å². The number of halogens is 1. The lowest BCUT2D eigenvalue weighted by atomic mass is 10.5. The normalized spacial score (nSPS) is 10.2. The minimum atomic E-state index is -0.159. The molecule has 1 aromatic heterocycles. The fourth-order valence-electron chi connectivity index (χ4n) is 0.742. The molecule has 0 unspecified atom stereocenters. The minimum Gasteiger partial charge on any atom is -0.361 e. The number of aromatic nitrogens is 1. The van der Waals surface area contributed by atoms with Gasteiger partial charge in [0, 0.05) is 24.9 Å². The average Bonchev–Trinajstić information content (AvgIpc) is 2.07. The molecule has 1 rings (SSSR count). The lowest BCUT2D eigenvalue weighted by Crippen LogP contribution is -2.19. The van der Waals surface area contributed by atoms with Crippen molar-refractivity contribution in [3.63, 3.8) is 0 Å². The molecule has 12 heavy (non-hydrogen) atoms. The first-order valence-electron chi connectivity index (χ1n) is 3.59. The first kappa shape index (κ1) is 9.29. The summed E-state index contributed by atoms with van der Waals surface area (Å²) in [7, 11) is 0. The van der Waals surface area contributed by atoms with Crippen molar-refractivity contribution in [3.8, 4) is 0 Å². The van der Waals surface area contributed by atoms with Crippen molar-refractivity contribution in [1.29, 1.82) is 0 Å². The lowest BCUT2D eigenvalue weighted by molar-refractivity contribution is 0.0854. The van der Waals surface area contributed by atoms with Crippen LogP contribution in [0.2, 0.25) is 5.02 Å². The molecule has 0 aliphatic rings. The number of hydrogen-bond acceptors (Lipinski definition) is 2. The van der Waals surface area contributed by atoms with Crippen molar-refractivity contribution < 1.29 is 4.74 Å². The molecule has 3 nitrogen and oxygen atoms in total. The fraction of sp³-hybridized carbons (Fsp3) is 0.375. The average molecular weight is 187 g/mol.